The largest absolute Gasteiger partial charge is 0.271 e. The number of hydrogen-bond acceptors (Lipinski definition) is 4. The molecular formula is C14H25N3S. The third-order valence-corrected chi connectivity index (χ3v) is 4.30. The lowest BCUT2D eigenvalue weighted by Crippen LogP contribution is -2.39. The van der Waals surface area contributed by atoms with Crippen LogP contribution in [0.3, 0.4) is 0 Å². The molecule has 3 N–H and O–H groups in total. The number of pyridine rings is 1. The minimum absolute atomic E-state index is 0.300. The molecule has 0 aliphatic heterocycles. The van der Waals surface area contributed by atoms with Gasteiger partial charge >= 0.3 is 0 Å². The van der Waals surface area contributed by atoms with E-state index in [0.29, 0.717) is 6.04 Å². The predicted molar refractivity (Wildman–Crippen MR) is 80.6 cm³/mol. The Kier molecular flexibility index (Phi) is 7.32. The minimum atomic E-state index is 0.300. The molecular weight excluding hydrogens is 242 g/mol. The number of rotatable bonds is 8. The van der Waals surface area contributed by atoms with E-state index in [2.05, 4.69) is 43.3 Å². The maximum Gasteiger partial charge on any atom is 0.0420 e. The quantitative estimate of drug-likeness (QED) is 0.561. The number of hydrazine groups is 1. The first-order valence-electron chi connectivity index (χ1n) is 6.63. The van der Waals surface area contributed by atoms with Crippen molar-refractivity contribution in [1.82, 2.24) is 10.4 Å². The van der Waals surface area contributed by atoms with Crippen molar-refractivity contribution in [2.75, 3.05) is 11.5 Å². The van der Waals surface area contributed by atoms with Crippen molar-refractivity contribution >= 4 is 11.8 Å². The number of aromatic nitrogens is 1. The van der Waals surface area contributed by atoms with Crippen LogP contribution in [0.4, 0.5) is 0 Å². The first-order chi connectivity index (χ1) is 8.65. The van der Waals surface area contributed by atoms with Crippen LogP contribution in [0.1, 0.15) is 32.0 Å². The van der Waals surface area contributed by atoms with Crippen molar-refractivity contribution < 1.29 is 0 Å². The Balaban J connectivity index is 2.41. The zero-order valence-electron chi connectivity index (χ0n) is 11.6. The Morgan fingerprint density at radius 1 is 1.33 bits per heavy atom. The minimum Gasteiger partial charge on any atom is -0.271 e. The lowest BCUT2D eigenvalue weighted by atomic mass is 10.1. The van der Waals surface area contributed by atoms with Crippen LogP contribution in [0, 0.1) is 5.92 Å². The number of aryl methyl sites for hydroxylation is 1. The fourth-order valence-electron chi connectivity index (χ4n) is 1.65. The average Bonchev–Trinajstić information content (AvgIpc) is 2.38. The fraction of sp³-hybridized carbons (Fsp3) is 0.643. The summed E-state index contributed by atoms with van der Waals surface area (Å²) in [5.41, 5.74) is 5.29. The molecule has 1 aromatic rings. The van der Waals surface area contributed by atoms with Crippen LogP contribution in [0.15, 0.2) is 18.3 Å². The normalized spacial score (nSPS) is 12.9. The maximum absolute atomic E-state index is 5.60. The van der Waals surface area contributed by atoms with Gasteiger partial charge in [-0.2, -0.15) is 11.8 Å². The van der Waals surface area contributed by atoms with Gasteiger partial charge in [0.2, 0.25) is 0 Å². The molecule has 1 atom stereocenters. The van der Waals surface area contributed by atoms with E-state index in [1.165, 1.54) is 11.3 Å². The molecule has 18 heavy (non-hydrogen) atoms. The van der Waals surface area contributed by atoms with E-state index in [4.69, 9.17) is 5.84 Å². The highest BCUT2D eigenvalue weighted by Gasteiger charge is 2.09. The lowest BCUT2D eigenvalue weighted by Gasteiger charge is -2.15. The summed E-state index contributed by atoms with van der Waals surface area (Å²) in [6, 6.07) is 4.56. The third-order valence-electron chi connectivity index (χ3n) is 2.76. The summed E-state index contributed by atoms with van der Waals surface area (Å²) in [4.78, 5) is 4.48. The van der Waals surface area contributed by atoms with Crippen molar-refractivity contribution in [3.63, 3.8) is 0 Å². The van der Waals surface area contributed by atoms with E-state index in [1.807, 2.05) is 18.0 Å². The summed E-state index contributed by atoms with van der Waals surface area (Å²) < 4.78 is 0. The van der Waals surface area contributed by atoms with Gasteiger partial charge in [0.1, 0.15) is 0 Å². The molecule has 1 unspecified atom stereocenters. The average molecular weight is 267 g/mol. The summed E-state index contributed by atoms with van der Waals surface area (Å²) in [7, 11) is 0. The van der Waals surface area contributed by atoms with Crippen molar-refractivity contribution in [2.45, 2.75) is 39.7 Å². The van der Waals surface area contributed by atoms with Gasteiger partial charge in [-0.15, -0.1) is 0 Å². The molecule has 0 radical (unpaired) electrons. The van der Waals surface area contributed by atoms with E-state index in [9.17, 15) is 0 Å². The second-order valence-corrected chi connectivity index (χ2v) is 6.09. The molecule has 0 saturated carbocycles. The SMILES string of the molecule is CCc1ccc(CC(CSCC(C)C)NN)nc1. The molecule has 1 aromatic heterocycles. The van der Waals surface area contributed by atoms with Crippen molar-refractivity contribution in [2.24, 2.45) is 11.8 Å². The maximum atomic E-state index is 5.60. The van der Waals surface area contributed by atoms with Crippen LogP contribution in [0.25, 0.3) is 0 Å². The first-order valence-corrected chi connectivity index (χ1v) is 7.78. The third kappa shape index (κ3) is 5.85. The van der Waals surface area contributed by atoms with Crippen LogP contribution < -0.4 is 11.3 Å². The van der Waals surface area contributed by atoms with Gasteiger partial charge < -0.3 is 0 Å². The number of nitrogens with one attached hydrogen (secondary N) is 1. The molecule has 0 amide bonds. The van der Waals surface area contributed by atoms with Gasteiger partial charge in [-0.25, -0.2) is 0 Å². The highest BCUT2D eigenvalue weighted by molar-refractivity contribution is 7.99. The highest BCUT2D eigenvalue weighted by atomic mass is 32.2. The van der Waals surface area contributed by atoms with Crippen molar-refractivity contribution in [3.8, 4) is 0 Å². The standard InChI is InChI=1S/C14H25N3S/c1-4-12-5-6-13(16-8-12)7-14(17-15)10-18-9-11(2)3/h5-6,8,11,14,17H,4,7,9-10,15H2,1-3H3. The summed E-state index contributed by atoms with van der Waals surface area (Å²) >= 11 is 1.95. The Bertz CT molecular complexity index is 324. The van der Waals surface area contributed by atoms with E-state index in [-0.39, 0.29) is 0 Å². The van der Waals surface area contributed by atoms with E-state index in [0.717, 1.165) is 30.2 Å². The first kappa shape index (κ1) is 15.5. The summed E-state index contributed by atoms with van der Waals surface area (Å²) in [5.74, 6) is 8.55. The van der Waals surface area contributed by atoms with Crippen LogP contribution in [0.5, 0.6) is 0 Å². The van der Waals surface area contributed by atoms with Crippen LogP contribution in [0.2, 0.25) is 0 Å². The number of nitrogens with two attached hydrogens (primary N) is 1. The van der Waals surface area contributed by atoms with Crippen molar-refractivity contribution in [3.05, 3.63) is 29.6 Å². The van der Waals surface area contributed by atoms with Crippen LogP contribution in [-0.2, 0) is 12.8 Å². The Morgan fingerprint density at radius 3 is 2.61 bits per heavy atom. The molecule has 0 bridgehead atoms. The summed E-state index contributed by atoms with van der Waals surface area (Å²) in [6.45, 7) is 6.62. The summed E-state index contributed by atoms with van der Waals surface area (Å²) in [6.07, 6.45) is 3.89. The molecule has 102 valence electrons. The Labute approximate surface area is 115 Å². The van der Waals surface area contributed by atoms with Gasteiger partial charge in [0.25, 0.3) is 0 Å². The molecule has 3 nitrogen and oxygen atoms in total. The molecule has 0 aromatic carbocycles. The zero-order valence-corrected chi connectivity index (χ0v) is 12.5. The van der Waals surface area contributed by atoms with E-state index in [1.54, 1.807) is 0 Å². The monoisotopic (exact) mass is 267 g/mol. The van der Waals surface area contributed by atoms with Gasteiger partial charge in [-0.05, 0) is 29.7 Å². The topological polar surface area (TPSA) is 50.9 Å². The zero-order chi connectivity index (χ0) is 13.4. The van der Waals surface area contributed by atoms with Crippen LogP contribution >= 0.6 is 11.8 Å². The molecule has 0 aliphatic rings. The van der Waals surface area contributed by atoms with E-state index >= 15 is 0 Å². The van der Waals surface area contributed by atoms with Gasteiger partial charge in [-0.3, -0.25) is 16.3 Å². The summed E-state index contributed by atoms with van der Waals surface area (Å²) in [5, 5.41) is 0. The number of nitrogens with zero attached hydrogens (tertiary/aromatic N) is 1. The number of thioether (sulfide) groups is 1. The number of hydrogen-bond donors (Lipinski definition) is 2. The highest BCUT2D eigenvalue weighted by Crippen LogP contribution is 2.11. The van der Waals surface area contributed by atoms with Gasteiger partial charge in [0.15, 0.2) is 0 Å². The lowest BCUT2D eigenvalue weighted by molar-refractivity contribution is 0.568. The molecule has 0 fully saturated rings. The Hall–Kier alpha value is -0.580. The second kappa shape index (κ2) is 8.51. The molecule has 0 spiro atoms. The Morgan fingerprint density at radius 2 is 2.11 bits per heavy atom. The van der Waals surface area contributed by atoms with Crippen LogP contribution in [-0.4, -0.2) is 22.5 Å². The predicted octanol–water partition coefficient (Wildman–Crippen LogP) is 2.41. The van der Waals surface area contributed by atoms with E-state index < -0.39 is 0 Å². The molecule has 1 rings (SSSR count). The van der Waals surface area contributed by atoms with Gasteiger partial charge in [0, 0.05) is 30.1 Å². The van der Waals surface area contributed by atoms with Crippen molar-refractivity contribution in [1.29, 1.82) is 0 Å². The molecule has 0 aliphatic carbocycles. The fourth-order valence-corrected chi connectivity index (χ4v) is 2.76. The smallest absolute Gasteiger partial charge is 0.0420 e. The van der Waals surface area contributed by atoms with Gasteiger partial charge in [0.05, 0.1) is 0 Å². The molecule has 4 heteroatoms. The van der Waals surface area contributed by atoms with Gasteiger partial charge in [-0.1, -0.05) is 26.8 Å². The molecule has 1 heterocycles. The molecule has 0 saturated heterocycles. The second-order valence-electron chi connectivity index (χ2n) is 5.01.